The van der Waals surface area contributed by atoms with Crippen LogP contribution in [-0.4, -0.2) is 26.2 Å². The molecule has 0 amide bonds. The molecule has 0 bridgehead atoms. The average molecular weight is 1450 g/mol. The van der Waals surface area contributed by atoms with E-state index in [0.29, 0.717) is 55.7 Å². The van der Waals surface area contributed by atoms with Gasteiger partial charge in [-0.1, -0.05) is 267 Å². The first-order valence-electron chi connectivity index (χ1n) is 35.3. The Balaban J connectivity index is 0.000000167. The van der Waals surface area contributed by atoms with Gasteiger partial charge in [0.1, 0.15) is 23.0 Å². The highest BCUT2D eigenvalue weighted by atomic mass is 16.5. The molecule has 0 spiro atoms. The maximum absolute atomic E-state index is 11.6. The van der Waals surface area contributed by atoms with Crippen LogP contribution >= 0.6 is 0 Å². The molecule has 0 N–H and O–H groups in total. The van der Waals surface area contributed by atoms with E-state index >= 15 is 0 Å². The van der Waals surface area contributed by atoms with E-state index in [4.69, 9.17) is 18.9 Å². The van der Waals surface area contributed by atoms with Gasteiger partial charge < -0.3 is 18.9 Å². The fourth-order valence-electron chi connectivity index (χ4n) is 11.6. The summed E-state index contributed by atoms with van der Waals surface area (Å²) in [5.74, 6) is 2.13. The lowest BCUT2D eigenvalue weighted by atomic mass is 9.97. The summed E-state index contributed by atoms with van der Waals surface area (Å²) in [4.78, 5) is 23.1. The lowest BCUT2D eigenvalue weighted by Gasteiger charge is -2.07. The number of esters is 2. The monoisotopic (exact) mass is 1450 g/mol. The first-order chi connectivity index (χ1) is 54.9. The Labute approximate surface area is 651 Å². The van der Waals surface area contributed by atoms with Gasteiger partial charge in [0.15, 0.2) is 0 Å². The largest absolute Gasteiger partial charge is 0.465 e. The zero-order valence-electron chi connectivity index (χ0n) is 60.9. The highest BCUT2D eigenvalue weighted by Gasteiger charge is 2.13. The third kappa shape index (κ3) is 21.5. The number of ether oxygens (including phenoxy) is 4. The van der Waals surface area contributed by atoms with Crippen molar-refractivity contribution in [1.82, 2.24) is 0 Å². The number of carbonyl (C=O) groups excluding carboxylic acids is 2. The number of hydrogen-bond acceptors (Lipinski definition) is 12. The van der Waals surface area contributed by atoms with Crippen LogP contribution < -0.4 is 9.47 Å². The molecule has 12 heteroatoms. The van der Waals surface area contributed by atoms with Gasteiger partial charge >= 0.3 is 11.9 Å². The summed E-state index contributed by atoms with van der Waals surface area (Å²) in [5, 5.41) is 58.5. The number of benzene rings is 13. The Bertz CT molecular complexity index is 5510. The highest BCUT2D eigenvalue weighted by Crippen LogP contribution is 2.31. The number of allylic oxidation sites excluding steroid dienone is 6. The van der Waals surface area contributed by atoms with Crippen molar-refractivity contribution in [2.75, 3.05) is 14.2 Å². The molecule has 0 saturated heterocycles. The van der Waals surface area contributed by atoms with Gasteiger partial charge in [-0.05, 0) is 198 Å². The number of methoxy groups -OCH3 is 2. The van der Waals surface area contributed by atoms with Crippen LogP contribution in [0.15, 0.2) is 340 Å². The first-order valence-corrected chi connectivity index (χ1v) is 35.3. The van der Waals surface area contributed by atoms with Crippen molar-refractivity contribution in [1.29, 1.82) is 31.6 Å². The molecule has 0 aromatic heterocycles. The van der Waals surface area contributed by atoms with E-state index in [1.54, 1.807) is 84.9 Å². The van der Waals surface area contributed by atoms with Crippen LogP contribution in [0, 0.1) is 68.0 Å². The molecule has 0 fully saturated rings. The van der Waals surface area contributed by atoms with Gasteiger partial charge in [0.25, 0.3) is 0 Å². The number of rotatable bonds is 20. The zero-order chi connectivity index (χ0) is 78.2. The number of para-hydroxylation sites is 2. The second-order valence-electron chi connectivity index (χ2n) is 24.9. The molecule has 534 valence electrons. The normalized spacial score (nSPS) is 11.3. The second-order valence-corrected chi connectivity index (χ2v) is 24.9. The zero-order valence-corrected chi connectivity index (χ0v) is 60.9. The van der Waals surface area contributed by atoms with Crippen LogP contribution in [0.1, 0.15) is 87.5 Å². The molecular formula is C100H68N6O6. The lowest BCUT2D eigenvalue weighted by Crippen LogP contribution is -2.00. The summed E-state index contributed by atoms with van der Waals surface area (Å²) in [6.07, 6.45) is 10.9. The van der Waals surface area contributed by atoms with Crippen molar-refractivity contribution in [3.63, 3.8) is 0 Å². The van der Waals surface area contributed by atoms with Crippen LogP contribution in [-0.2, 0) is 9.47 Å². The minimum absolute atomic E-state index is 0.424. The molecular weight excluding hydrogens is 1380 g/mol. The SMILES string of the molecule is COC(=O)c1ccc(/C=C(\C#N)c2ccc(/C(C#N)=C/c3ccc(C(=O)OC)cc3)cc2)cc1.N#C/C(=C\c1ccc(-c2ccccc2)cc1)c1ccc(/C(C#N)=C/c2ccc(-c3ccccc3)cc2)cc1.N#C/C(=C\c1ccc(Oc2ccccc2)cc1)c1ccc(/C(C#N)=C/c2ccc(Oc3ccccc3)cc2)cc1. The van der Waals surface area contributed by atoms with Crippen LogP contribution in [0.5, 0.6) is 23.0 Å². The molecule has 0 aliphatic carbocycles. The summed E-state index contributed by atoms with van der Waals surface area (Å²) >= 11 is 0. The fraction of sp³-hybridized carbons (Fsp3) is 0.0200. The van der Waals surface area contributed by atoms with Gasteiger partial charge in [-0.3, -0.25) is 0 Å². The fourth-order valence-corrected chi connectivity index (χ4v) is 11.6. The van der Waals surface area contributed by atoms with E-state index in [9.17, 15) is 41.2 Å². The molecule has 12 nitrogen and oxygen atoms in total. The maximum atomic E-state index is 11.6. The van der Waals surface area contributed by atoms with Gasteiger partial charge in [0.05, 0.1) is 95.2 Å². The molecule has 0 unspecified atom stereocenters. The summed E-state index contributed by atoms with van der Waals surface area (Å²) in [6.45, 7) is 0. The third-order valence-corrected chi connectivity index (χ3v) is 17.5. The smallest absolute Gasteiger partial charge is 0.337 e. The number of carbonyl (C=O) groups is 2. The van der Waals surface area contributed by atoms with E-state index in [2.05, 4.69) is 84.9 Å². The molecule has 0 aliphatic heterocycles. The van der Waals surface area contributed by atoms with E-state index in [-0.39, 0.29) is 0 Å². The summed E-state index contributed by atoms with van der Waals surface area (Å²) < 4.78 is 21.1. The van der Waals surface area contributed by atoms with Crippen molar-refractivity contribution >= 4 is 81.8 Å². The van der Waals surface area contributed by atoms with E-state index in [0.717, 1.165) is 101 Å². The molecule has 13 aromatic carbocycles. The summed E-state index contributed by atoms with van der Waals surface area (Å²) in [7, 11) is 2.64. The summed E-state index contributed by atoms with van der Waals surface area (Å²) in [6, 6.07) is 120. The van der Waals surface area contributed by atoms with E-state index in [1.807, 2.05) is 243 Å². The summed E-state index contributed by atoms with van der Waals surface area (Å²) in [5.41, 5.74) is 18.3. The standard InChI is InChI=1S/C36H24N2O2.C36H24N2.C28H20N2O4/c37-25-31(23-27-11-19-35(20-12-27)39-33-7-3-1-4-8-33)29-15-17-30(18-16-29)32(26-38)24-28-13-21-36(22-14-28)40-34-9-5-2-6-10-34;37-25-35(23-27-11-15-31(16-12-27)29-7-3-1-4-8-29)33-19-21-34(22-20-33)36(26-38)24-28-13-17-32(18-14-28)30-9-5-2-6-10-30;1-33-27(31)23-7-3-19(4-8-23)15-25(17-29)21-11-13-22(14-12-21)26(18-30)16-20-5-9-24(10-6-20)28(32)34-2/h1-24H;1-24H;3-16H,1-2H3/b31-23+,32-24+;35-23+,36-24+;25-15+,26-16+. The highest BCUT2D eigenvalue weighted by molar-refractivity contribution is 5.97. The average Bonchev–Trinajstić information content (AvgIpc) is 0.838. The topological polar surface area (TPSA) is 214 Å². The molecule has 0 saturated carbocycles. The van der Waals surface area contributed by atoms with Gasteiger partial charge in [-0.15, -0.1) is 0 Å². The quantitative estimate of drug-likeness (QED) is 0.0396. The molecule has 0 atom stereocenters. The van der Waals surface area contributed by atoms with Crippen molar-refractivity contribution in [2.45, 2.75) is 0 Å². The van der Waals surface area contributed by atoms with Gasteiger partial charge in [-0.25, -0.2) is 9.59 Å². The maximum Gasteiger partial charge on any atom is 0.337 e. The van der Waals surface area contributed by atoms with Crippen LogP contribution in [0.25, 0.3) is 92.1 Å². The Hall–Kier alpha value is -16.2. The van der Waals surface area contributed by atoms with E-state index < -0.39 is 11.9 Å². The second kappa shape index (κ2) is 39.2. The third-order valence-electron chi connectivity index (χ3n) is 17.5. The minimum Gasteiger partial charge on any atom is -0.465 e. The van der Waals surface area contributed by atoms with Crippen molar-refractivity contribution in [2.24, 2.45) is 0 Å². The van der Waals surface area contributed by atoms with Crippen molar-refractivity contribution in [3.8, 4) is 81.7 Å². The van der Waals surface area contributed by atoms with Gasteiger partial charge in [-0.2, -0.15) is 31.6 Å². The van der Waals surface area contributed by atoms with Gasteiger partial charge in [0, 0.05) is 0 Å². The predicted molar refractivity (Wildman–Crippen MR) is 445 cm³/mol. The Morgan fingerprint density at radius 2 is 0.384 bits per heavy atom. The first kappa shape index (κ1) is 76.9. The molecule has 0 aliphatic rings. The van der Waals surface area contributed by atoms with Crippen LogP contribution in [0.4, 0.5) is 0 Å². The molecule has 0 radical (unpaired) electrons. The van der Waals surface area contributed by atoms with Crippen LogP contribution in [0.2, 0.25) is 0 Å². The molecule has 13 rings (SSSR count). The number of nitrogens with zero attached hydrogens (tertiary/aromatic N) is 6. The van der Waals surface area contributed by atoms with E-state index in [1.165, 1.54) is 14.2 Å². The van der Waals surface area contributed by atoms with Crippen LogP contribution in [0.3, 0.4) is 0 Å². The Morgan fingerprint density at radius 3 is 0.589 bits per heavy atom. The Kier molecular flexibility index (Phi) is 26.9. The lowest BCUT2D eigenvalue weighted by molar-refractivity contribution is 0.0592. The van der Waals surface area contributed by atoms with Crippen molar-refractivity contribution < 1.29 is 28.5 Å². The minimum atomic E-state index is -0.424. The van der Waals surface area contributed by atoms with Gasteiger partial charge in [0.2, 0.25) is 0 Å². The number of hydrogen-bond donors (Lipinski definition) is 0. The Morgan fingerprint density at radius 1 is 0.214 bits per heavy atom. The number of nitriles is 6. The van der Waals surface area contributed by atoms with Crippen molar-refractivity contribution in [3.05, 3.63) is 418 Å². The molecule has 13 aromatic rings. The molecule has 112 heavy (non-hydrogen) atoms. The predicted octanol–water partition coefficient (Wildman–Crippen LogP) is 23.9. The molecule has 0 heterocycles.